The van der Waals surface area contributed by atoms with E-state index in [1.807, 2.05) is 27.7 Å². The van der Waals surface area contributed by atoms with Crippen molar-refractivity contribution in [3.05, 3.63) is 5.01 Å². The number of anilines is 1. The van der Waals surface area contributed by atoms with E-state index in [2.05, 4.69) is 10.2 Å². The summed E-state index contributed by atoms with van der Waals surface area (Å²) in [7, 11) is 0. The number of hydrogen-bond acceptors (Lipinski definition) is 5. The van der Waals surface area contributed by atoms with Gasteiger partial charge in [0.2, 0.25) is 16.9 Å². The Morgan fingerprint density at radius 2 is 1.95 bits per heavy atom. The maximum atomic E-state index is 12.8. The molecule has 1 aromatic heterocycles. The molecule has 5 nitrogen and oxygen atoms in total. The molecule has 1 aliphatic carbocycles. The molecule has 1 aromatic rings. The van der Waals surface area contributed by atoms with Crippen molar-refractivity contribution in [1.82, 2.24) is 10.2 Å². The molecule has 0 spiro atoms. The number of amides is 2. The van der Waals surface area contributed by atoms with Gasteiger partial charge in [-0.25, -0.2) is 4.90 Å². The fourth-order valence-corrected chi connectivity index (χ4v) is 4.07. The lowest BCUT2D eigenvalue weighted by atomic mass is 9.62. The van der Waals surface area contributed by atoms with Crippen LogP contribution in [-0.4, -0.2) is 22.0 Å². The van der Waals surface area contributed by atoms with Crippen molar-refractivity contribution < 1.29 is 9.59 Å². The first kappa shape index (κ1) is 12.7. The van der Waals surface area contributed by atoms with Crippen molar-refractivity contribution in [2.45, 2.75) is 40.5 Å². The van der Waals surface area contributed by atoms with Gasteiger partial charge in [-0.2, -0.15) is 0 Å². The number of piperidine rings is 1. The van der Waals surface area contributed by atoms with E-state index in [4.69, 9.17) is 0 Å². The quantitative estimate of drug-likeness (QED) is 0.739. The number of fused-ring (bicyclic) bond motifs is 2. The van der Waals surface area contributed by atoms with E-state index in [-0.39, 0.29) is 23.1 Å². The summed E-state index contributed by atoms with van der Waals surface area (Å²) in [5.74, 6) is -0.326. The monoisotopic (exact) mass is 279 g/mol. The van der Waals surface area contributed by atoms with Crippen LogP contribution in [0.1, 0.15) is 38.6 Å². The first-order chi connectivity index (χ1) is 8.79. The van der Waals surface area contributed by atoms with Crippen LogP contribution in [-0.2, 0) is 9.59 Å². The van der Waals surface area contributed by atoms with E-state index in [9.17, 15) is 9.59 Å². The summed E-state index contributed by atoms with van der Waals surface area (Å²) in [6, 6.07) is 0. The molecule has 19 heavy (non-hydrogen) atoms. The number of carbonyl (C=O) groups excluding carboxylic acids is 2. The molecule has 102 valence electrons. The molecular formula is C13H17N3O2S. The molecule has 2 bridgehead atoms. The highest BCUT2D eigenvalue weighted by atomic mass is 32.1. The summed E-state index contributed by atoms with van der Waals surface area (Å²) in [5.41, 5.74) is -0.761. The van der Waals surface area contributed by atoms with E-state index in [1.54, 1.807) is 0 Å². The molecule has 0 aromatic carbocycles. The Balaban J connectivity index is 2.11. The summed E-state index contributed by atoms with van der Waals surface area (Å²) in [6.45, 7) is 7.86. The van der Waals surface area contributed by atoms with E-state index in [1.165, 1.54) is 16.2 Å². The summed E-state index contributed by atoms with van der Waals surface area (Å²) < 4.78 is 0. The number of carbonyl (C=O) groups is 2. The van der Waals surface area contributed by atoms with E-state index < -0.39 is 5.41 Å². The maximum absolute atomic E-state index is 12.8. The van der Waals surface area contributed by atoms with Crippen molar-refractivity contribution in [3.63, 3.8) is 0 Å². The standard InChI is InChI=1S/C13H17N3O2S/c1-7-14-15-11(19-7)16-9(17)8-5-6-13(4,10(16)18)12(8,2)3/h8H,5-6H2,1-4H3/t8-,13+/m1/s1. The summed E-state index contributed by atoms with van der Waals surface area (Å²) >= 11 is 1.29. The minimum absolute atomic E-state index is 0.0978. The lowest BCUT2D eigenvalue weighted by Crippen LogP contribution is -2.59. The lowest BCUT2D eigenvalue weighted by Gasteiger charge is -2.46. The molecule has 6 heteroatoms. The van der Waals surface area contributed by atoms with E-state index >= 15 is 0 Å². The van der Waals surface area contributed by atoms with Crippen LogP contribution in [0.3, 0.4) is 0 Å². The largest absolute Gasteiger partial charge is 0.274 e. The predicted molar refractivity (Wildman–Crippen MR) is 71.8 cm³/mol. The molecular weight excluding hydrogens is 262 g/mol. The number of hydrogen-bond donors (Lipinski definition) is 0. The van der Waals surface area contributed by atoms with Crippen molar-refractivity contribution >= 4 is 28.3 Å². The maximum Gasteiger partial charge on any atom is 0.242 e. The van der Waals surface area contributed by atoms with Gasteiger partial charge in [-0.1, -0.05) is 32.1 Å². The van der Waals surface area contributed by atoms with Gasteiger partial charge in [0, 0.05) is 5.92 Å². The average molecular weight is 279 g/mol. The number of nitrogens with zero attached hydrogens (tertiary/aromatic N) is 3. The Morgan fingerprint density at radius 1 is 1.26 bits per heavy atom. The van der Waals surface area contributed by atoms with Gasteiger partial charge >= 0.3 is 0 Å². The van der Waals surface area contributed by atoms with Crippen molar-refractivity contribution in [3.8, 4) is 0 Å². The van der Waals surface area contributed by atoms with E-state index in [0.29, 0.717) is 5.13 Å². The molecule has 1 saturated carbocycles. The Morgan fingerprint density at radius 3 is 2.53 bits per heavy atom. The van der Waals surface area contributed by atoms with Crippen LogP contribution in [0.15, 0.2) is 0 Å². The van der Waals surface area contributed by atoms with E-state index in [0.717, 1.165) is 17.8 Å². The second kappa shape index (κ2) is 3.62. The second-order valence-corrected chi connectivity index (χ2v) is 7.39. The molecule has 2 fully saturated rings. The van der Waals surface area contributed by atoms with Gasteiger partial charge in [0.15, 0.2) is 0 Å². The Kier molecular flexibility index (Phi) is 2.43. The van der Waals surface area contributed by atoms with Gasteiger partial charge < -0.3 is 0 Å². The summed E-state index contributed by atoms with van der Waals surface area (Å²) in [6.07, 6.45) is 1.55. The van der Waals surface area contributed by atoms with Gasteiger partial charge in [-0.15, -0.1) is 10.2 Å². The normalized spacial score (nSPS) is 33.1. The highest BCUT2D eigenvalue weighted by molar-refractivity contribution is 7.15. The fraction of sp³-hybridized carbons (Fsp3) is 0.692. The molecule has 2 amide bonds. The minimum atomic E-state index is -0.481. The molecule has 0 N–H and O–H groups in total. The zero-order chi connectivity index (χ0) is 14.0. The third-order valence-corrected chi connectivity index (χ3v) is 5.95. The first-order valence-electron chi connectivity index (χ1n) is 6.47. The molecule has 0 radical (unpaired) electrons. The third-order valence-electron chi connectivity index (χ3n) is 5.13. The second-order valence-electron chi connectivity index (χ2n) is 6.23. The van der Waals surface area contributed by atoms with Crippen LogP contribution in [0.25, 0.3) is 0 Å². The molecule has 0 unspecified atom stereocenters. The molecule has 2 aliphatic rings. The predicted octanol–water partition coefficient (Wildman–Crippen LogP) is 2.16. The Hall–Kier alpha value is -1.30. The number of imide groups is 1. The van der Waals surface area contributed by atoms with Crippen molar-refractivity contribution in [2.24, 2.45) is 16.7 Å². The van der Waals surface area contributed by atoms with Crippen LogP contribution in [0, 0.1) is 23.7 Å². The van der Waals surface area contributed by atoms with Crippen molar-refractivity contribution in [2.75, 3.05) is 4.90 Å². The lowest BCUT2D eigenvalue weighted by molar-refractivity contribution is -0.146. The minimum Gasteiger partial charge on any atom is -0.274 e. The Bertz CT molecular complexity index is 580. The van der Waals surface area contributed by atoms with Gasteiger partial charge in [-0.05, 0) is 25.2 Å². The van der Waals surface area contributed by atoms with Crippen LogP contribution in [0.4, 0.5) is 5.13 Å². The molecule has 2 heterocycles. The summed E-state index contributed by atoms with van der Waals surface area (Å²) in [4.78, 5) is 26.7. The molecule has 1 aliphatic heterocycles. The average Bonchev–Trinajstić information content (AvgIpc) is 2.80. The third kappa shape index (κ3) is 1.40. The van der Waals surface area contributed by atoms with Crippen LogP contribution >= 0.6 is 11.3 Å². The molecule has 3 rings (SSSR count). The number of rotatable bonds is 1. The van der Waals surface area contributed by atoms with Gasteiger partial charge in [0.25, 0.3) is 0 Å². The topological polar surface area (TPSA) is 63.2 Å². The van der Waals surface area contributed by atoms with Crippen molar-refractivity contribution in [1.29, 1.82) is 0 Å². The van der Waals surface area contributed by atoms with Gasteiger partial charge in [-0.3, -0.25) is 9.59 Å². The highest BCUT2D eigenvalue weighted by Crippen LogP contribution is 2.60. The zero-order valence-electron chi connectivity index (χ0n) is 11.6. The SMILES string of the molecule is Cc1nnc(N2C(=O)[C@H]3CC[C@@](C)(C2=O)C3(C)C)s1. The fourth-order valence-electron chi connectivity index (χ4n) is 3.38. The first-order valence-corrected chi connectivity index (χ1v) is 7.29. The zero-order valence-corrected chi connectivity index (χ0v) is 12.4. The van der Waals surface area contributed by atoms with Crippen LogP contribution in [0.2, 0.25) is 0 Å². The Labute approximate surface area is 116 Å². The highest BCUT2D eigenvalue weighted by Gasteiger charge is 2.65. The smallest absolute Gasteiger partial charge is 0.242 e. The summed E-state index contributed by atoms with van der Waals surface area (Å²) in [5, 5.41) is 9.06. The van der Waals surface area contributed by atoms with Crippen LogP contribution in [0.5, 0.6) is 0 Å². The van der Waals surface area contributed by atoms with Gasteiger partial charge in [0.05, 0.1) is 5.41 Å². The van der Waals surface area contributed by atoms with Crippen LogP contribution < -0.4 is 4.90 Å². The number of aromatic nitrogens is 2. The molecule has 1 saturated heterocycles. The van der Waals surface area contributed by atoms with Gasteiger partial charge in [0.1, 0.15) is 5.01 Å². The molecule has 2 atom stereocenters. The number of aryl methyl sites for hydroxylation is 1.